The van der Waals surface area contributed by atoms with Gasteiger partial charge in [0.2, 0.25) is 5.95 Å². The van der Waals surface area contributed by atoms with E-state index in [1.807, 2.05) is 24.3 Å². The zero-order valence-electron chi connectivity index (χ0n) is 9.01. The number of thiazole rings is 1. The second kappa shape index (κ2) is 4.52. The Hall–Kier alpha value is -1.56. The maximum absolute atomic E-state index is 12.9. The highest BCUT2D eigenvalue weighted by Crippen LogP contribution is 2.14. The second-order valence-corrected chi connectivity index (χ2v) is 4.48. The lowest BCUT2D eigenvalue weighted by Gasteiger charge is -2.16. The Labute approximate surface area is 96.8 Å². The maximum Gasteiger partial charge on any atom is 0.218 e. The smallest absolute Gasteiger partial charge is 0.218 e. The van der Waals surface area contributed by atoms with Gasteiger partial charge in [0.15, 0.2) is 0 Å². The third-order valence-corrected chi connectivity index (χ3v) is 2.90. The minimum Gasteiger partial charge on any atom is -0.354 e. The number of halogens is 1. The summed E-state index contributed by atoms with van der Waals surface area (Å²) in [4.78, 5) is 13.6. The number of anilines is 1. The number of hydrogen-bond acceptors (Lipinski definition) is 5. The highest BCUT2D eigenvalue weighted by atomic mass is 32.1. The SMILES string of the molecule is Cc1nc(CN(C)c2cc(F)ncn2)cs1. The van der Waals surface area contributed by atoms with Gasteiger partial charge in [0.1, 0.15) is 12.1 Å². The molecule has 0 radical (unpaired) electrons. The van der Waals surface area contributed by atoms with Gasteiger partial charge in [-0.15, -0.1) is 11.3 Å². The van der Waals surface area contributed by atoms with Crippen molar-refractivity contribution < 1.29 is 4.39 Å². The van der Waals surface area contributed by atoms with Crippen molar-refractivity contribution in [2.45, 2.75) is 13.5 Å². The van der Waals surface area contributed by atoms with Crippen molar-refractivity contribution in [3.8, 4) is 0 Å². The Morgan fingerprint density at radius 2 is 2.25 bits per heavy atom. The second-order valence-electron chi connectivity index (χ2n) is 3.41. The molecule has 0 saturated carbocycles. The predicted molar refractivity (Wildman–Crippen MR) is 60.9 cm³/mol. The van der Waals surface area contributed by atoms with Gasteiger partial charge < -0.3 is 4.90 Å². The van der Waals surface area contributed by atoms with E-state index >= 15 is 0 Å². The Balaban J connectivity index is 2.11. The van der Waals surface area contributed by atoms with Gasteiger partial charge in [0, 0.05) is 18.5 Å². The van der Waals surface area contributed by atoms with Crippen molar-refractivity contribution >= 4 is 17.2 Å². The Morgan fingerprint density at radius 1 is 1.44 bits per heavy atom. The molecule has 2 aromatic heterocycles. The van der Waals surface area contributed by atoms with E-state index in [0.29, 0.717) is 12.4 Å². The minimum atomic E-state index is -0.522. The van der Waals surface area contributed by atoms with Gasteiger partial charge >= 0.3 is 0 Å². The molecule has 0 aliphatic rings. The molecule has 0 aliphatic carbocycles. The van der Waals surface area contributed by atoms with Gasteiger partial charge in [-0.2, -0.15) is 4.39 Å². The molecule has 2 heterocycles. The molecular weight excluding hydrogens is 227 g/mol. The van der Waals surface area contributed by atoms with Crippen LogP contribution in [0, 0.1) is 12.9 Å². The summed E-state index contributed by atoms with van der Waals surface area (Å²) in [6, 6.07) is 1.30. The summed E-state index contributed by atoms with van der Waals surface area (Å²) >= 11 is 1.60. The van der Waals surface area contributed by atoms with Crippen LogP contribution >= 0.6 is 11.3 Å². The van der Waals surface area contributed by atoms with E-state index in [1.54, 1.807) is 11.3 Å². The van der Waals surface area contributed by atoms with Gasteiger partial charge in [-0.25, -0.2) is 15.0 Å². The lowest BCUT2D eigenvalue weighted by atomic mass is 10.4. The van der Waals surface area contributed by atoms with Crippen LogP contribution in [-0.4, -0.2) is 22.0 Å². The summed E-state index contributed by atoms with van der Waals surface area (Å²) in [5.41, 5.74) is 0.962. The van der Waals surface area contributed by atoms with Crippen LogP contribution in [-0.2, 0) is 6.54 Å². The van der Waals surface area contributed by atoms with Crippen molar-refractivity contribution in [3.05, 3.63) is 34.4 Å². The van der Waals surface area contributed by atoms with Crippen molar-refractivity contribution in [1.29, 1.82) is 0 Å². The van der Waals surface area contributed by atoms with E-state index in [4.69, 9.17) is 0 Å². The van der Waals surface area contributed by atoms with E-state index < -0.39 is 5.95 Å². The van der Waals surface area contributed by atoms with Crippen LogP contribution < -0.4 is 4.90 Å². The third-order valence-electron chi connectivity index (χ3n) is 2.08. The molecule has 0 saturated heterocycles. The molecule has 0 spiro atoms. The van der Waals surface area contributed by atoms with Gasteiger partial charge in [0.05, 0.1) is 17.2 Å². The molecule has 0 unspecified atom stereocenters. The fourth-order valence-electron chi connectivity index (χ4n) is 1.34. The molecule has 84 valence electrons. The lowest BCUT2D eigenvalue weighted by Crippen LogP contribution is -2.18. The monoisotopic (exact) mass is 238 g/mol. The van der Waals surface area contributed by atoms with Gasteiger partial charge in [-0.1, -0.05) is 0 Å². The van der Waals surface area contributed by atoms with Crippen LogP contribution in [0.1, 0.15) is 10.7 Å². The topological polar surface area (TPSA) is 41.9 Å². The van der Waals surface area contributed by atoms with Crippen LogP contribution in [0.5, 0.6) is 0 Å². The van der Waals surface area contributed by atoms with Crippen LogP contribution in [0.3, 0.4) is 0 Å². The van der Waals surface area contributed by atoms with Gasteiger partial charge in [-0.3, -0.25) is 0 Å². The molecular formula is C10H11FN4S. The van der Waals surface area contributed by atoms with Gasteiger partial charge in [-0.05, 0) is 6.92 Å². The number of hydrogen-bond donors (Lipinski definition) is 0. The molecule has 0 aromatic carbocycles. The summed E-state index contributed by atoms with van der Waals surface area (Å²) < 4.78 is 12.9. The Kier molecular flexibility index (Phi) is 3.09. The van der Waals surface area contributed by atoms with Crippen molar-refractivity contribution in [2.24, 2.45) is 0 Å². The van der Waals surface area contributed by atoms with Crippen LogP contribution in [0.15, 0.2) is 17.8 Å². The normalized spacial score (nSPS) is 10.4. The number of nitrogens with zero attached hydrogens (tertiary/aromatic N) is 4. The molecule has 6 heteroatoms. The minimum absolute atomic E-state index is 0.522. The zero-order valence-corrected chi connectivity index (χ0v) is 9.83. The molecule has 2 rings (SSSR count). The highest BCUT2D eigenvalue weighted by molar-refractivity contribution is 7.09. The summed E-state index contributed by atoms with van der Waals surface area (Å²) in [6.45, 7) is 2.57. The predicted octanol–water partition coefficient (Wildman–Crippen LogP) is 2.02. The maximum atomic E-state index is 12.9. The first-order valence-corrected chi connectivity index (χ1v) is 5.63. The first kappa shape index (κ1) is 10.9. The first-order chi connectivity index (χ1) is 7.65. The van der Waals surface area contributed by atoms with Crippen LogP contribution in [0.25, 0.3) is 0 Å². The number of aromatic nitrogens is 3. The van der Waals surface area contributed by atoms with E-state index in [1.165, 1.54) is 12.4 Å². The molecule has 2 aromatic rings. The first-order valence-electron chi connectivity index (χ1n) is 4.75. The quantitative estimate of drug-likeness (QED) is 0.767. The largest absolute Gasteiger partial charge is 0.354 e. The van der Waals surface area contributed by atoms with Crippen molar-refractivity contribution in [1.82, 2.24) is 15.0 Å². The average Bonchev–Trinajstić information content (AvgIpc) is 2.64. The molecule has 16 heavy (non-hydrogen) atoms. The molecule has 0 N–H and O–H groups in total. The third kappa shape index (κ3) is 2.52. The molecule has 0 amide bonds. The number of aryl methyl sites for hydroxylation is 1. The lowest BCUT2D eigenvalue weighted by molar-refractivity contribution is 0.578. The molecule has 0 atom stereocenters. The summed E-state index contributed by atoms with van der Waals surface area (Å²) in [5.74, 6) is 0.0319. The average molecular weight is 238 g/mol. The van der Waals surface area contributed by atoms with Crippen LogP contribution in [0.4, 0.5) is 10.2 Å². The zero-order chi connectivity index (χ0) is 11.5. The molecule has 0 bridgehead atoms. The standard InChI is InChI=1S/C10H11FN4S/c1-7-14-8(5-16-7)4-15(2)10-3-9(11)12-6-13-10/h3,5-6H,4H2,1-2H3. The summed E-state index contributed by atoms with van der Waals surface area (Å²) in [5, 5.41) is 3.01. The highest BCUT2D eigenvalue weighted by Gasteiger charge is 2.07. The molecule has 4 nitrogen and oxygen atoms in total. The van der Waals surface area contributed by atoms with Crippen molar-refractivity contribution in [2.75, 3.05) is 11.9 Å². The molecule has 0 fully saturated rings. The summed E-state index contributed by atoms with van der Waals surface area (Å²) in [7, 11) is 1.84. The van der Waals surface area contributed by atoms with E-state index in [9.17, 15) is 4.39 Å². The Morgan fingerprint density at radius 3 is 2.88 bits per heavy atom. The van der Waals surface area contributed by atoms with E-state index in [-0.39, 0.29) is 0 Å². The fourth-order valence-corrected chi connectivity index (χ4v) is 1.94. The fraction of sp³-hybridized carbons (Fsp3) is 0.300. The van der Waals surface area contributed by atoms with E-state index in [0.717, 1.165) is 10.7 Å². The van der Waals surface area contributed by atoms with E-state index in [2.05, 4.69) is 15.0 Å². The van der Waals surface area contributed by atoms with Crippen LogP contribution in [0.2, 0.25) is 0 Å². The number of rotatable bonds is 3. The summed E-state index contributed by atoms with van der Waals surface area (Å²) in [6.07, 6.45) is 1.22. The van der Waals surface area contributed by atoms with Gasteiger partial charge in [0.25, 0.3) is 0 Å². The Bertz CT molecular complexity index is 485. The van der Waals surface area contributed by atoms with Crippen molar-refractivity contribution in [3.63, 3.8) is 0 Å². The molecule has 0 aliphatic heterocycles.